The van der Waals surface area contributed by atoms with E-state index in [2.05, 4.69) is 62.7 Å². The number of aliphatic hydroxyl groups is 1. The minimum atomic E-state index is 0.0207. The van der Waals surface area contributed by atoms with E-state index in [1.54, 1.807) is 7.05 Å². The molecule has 1 saturated heterocycles. The third-order valence-corrected chi connectivity index (χ3v) is 5.72. The normalized spacial score (nSPS) is 21.6. The molecule has 1 aromatic carbocycles. The maximum absolute atomic E-state index is 9.35. The lowest BCUT2D eigenvalue weighted by atomic mass is 9.84. The van der Waals surface area contributed by atoms with Crippen molar-refractivity contribution in [2.24, 2.45) is 16.3 Å². The highest BCUT2D eigenvalue weighted by Gasteiger charge is 2.34. The van der Waals surface area contributed by atoms with Gasteiger partial charge in [0.1, 0.15) is 0 Å². The van der Waals surface area contributed by atoms with Crippen LogP contribution in [0.4, 0.5) is 0 Å². The molecule has 2 unspecified atom stereocenters. The first-order chi connectivity index (χ1) is 12.6. The van der Waals surface area contributed by atoms with Gasteiger partial charge in [-0.2, -0.15) is 0 Å². The molecule has 1 aliphatic rings. The smallest absolute Gasteiger partial charge is 0.191 e. The Balaban J connectivity index is 1.82. The Morgan fingerprint density at radius 3 is 2.88 bits per heavy atom. The summed E-state index contributed by atoms with van der Waals surface area (Å²) >= 11 is 3.55. The van der Waals surface area contributed by atoms with Gasteiger partial charge in [-0.05, 0) is 42.9 Å². The number of nitrogens with one attached hydrogen (secondary N) is 2. The van der Waals surface area contributed by atoms with E-state index in [-0.39, 0.29) is 12.0 Å². The Morgan fingerprint density at radius 1 is 1.42 bits per heavy atom. The van der Waals surface area contributed by atoms with Crippen molar-refractivity contribution in [2.75, 3.05) is 40.0 Å². The second-order valence-electron chi connectivity index (χ2n) is 7.19. The van der Waals surface area contributed by atoms with Crippen LogP contribution in [0.15, 0.2) is 33.7 Å². The highest BCUT2D eigenvalue weighted by Crippen LogP contribution is 2.31. The fraction of sp³-hybridized carbons (Fsp3) is 0.650. The fourth-order valence-electron chi connectivity index (χ4n) is 3.40. The third kappa shape index (κ3) is 6.56. The van der Waals surface area contributed by atoms with Crippen LogP contribution in [0.3, 0.4) is 0 Å². The summed E-state index contributed by atoms with van der Waals surface area (Å²) in [5, 5.41) is 16.2. The molecule has 2 atom stereocenters. The van der Waals surface area contributed by atoms with Crippen molar-refractivity contribution in [1.82, 2.24) is 10.6 Å². The second kappa shape index (κ2) is 10.9. The van der Waals surface area contributed by atoms with Gasteiger partial charge >= 0.3 is 0 Å². The maximum atomic E-state index is 9.35. The van der Waals surface area contributed by atoms with Crippen LogP contribution in [-0.2, 0) is 11.2 Å². The summed E-state index contributed by atoms with van der Waals surface area (Å²) in [6.07, 6.45) is 3.90. The molecule has 0 amide bonds. The molecule has 0 bridgehead atoms. The fourth-order valence-corrected chi connectivity index (χ4v) is 3.85. The van der Waals surface area contributed by atoms with Gasteiger partial charge in [-0.1, -0.05) is 41.4 Å². The monoisotopic (exact) mass is 425 g/mol. The molecule has 0 saturated carbocycles. The molecule has 0 radical (unpaired) electrons. The van der Waals surface area contributed by atoms with Crippen molar-refractivity contribution >= 4 is 21.9 Å². The van der Waals surface area contributed by atoms with Crippen molar-refractivity contribution in [2.45, 2.75) is 32.6 Å². The molecule has 5 nitrogen and oxygen atoms in total. The van der Waals surface area contributed by atoms with E-state index in [4.69, 9.17) is 4.74 Å². The number of ether oxygens (including phenoxy) is 1. The Kier molecular flexibility index (Phi) is 8.88. The molecule has 1 aliphatic heterocycles. The molecular formula is C20H32BrN3O2. The molecule has 1 fully saturated rings. The van der Waals surface area contributed by atoms with Gasteiger partial charge in [-0.15, -0.1) is 0 Å². The molecule has 1 heterocycles. The lowest BCUT2D eigenvalue weighted by Gasteiger charge is -2.28. The van der Waals surface area contributed by atoms with Gasteiger partial charge in [0.15, 0.2) is 5.96 Å². The quantitative estimate of drug-likeness (QED) is 0.420. The highest BCUT2D eigenvalue weighted by atomic mass is 79.9. The number of hydrogen-bond acceptors (Lipinski definition) is 3. The average molecular weight is 426 g/mol. The van der Waals surface area contributed by atoms with Crippen molar-refractivity contribution < 1.29 is 9.84 Å². The van der Waals surface area contributed by atoms with Crippen LogP contribution in [-0.4, -0.2) is 51.0 Å². The summed E-state index contributed by atoms with van der Waals surface area (Å²) < 4.78 is 6.68. The number of hydrogen-bond donors (Lipinski definition) is 3. The zero-order valence-corrected chi connectivity index (χ0v) is 17.5. The number of aliphatic hydroxyl groups excluding tert-OH is 1. The van der Waals surface area contributed by atoms with Crippen molar-refractivity contribution in [1.29, 1.82) is 0 Å². The number of benzene rings is 1. The first-order valence-electron chi connectivity index (χ1n) is 9.48. The van der Waals surface area contributed by atoms with Crippen molar-refractivity contribution in [3.05, 3.63) is 34.3 Å². The van der Waals surface area contributed by atoms with E-state index in [9.17, 15) is 5.11 Å². The van der Waals surface area contributed by atoms with Gasteiger partial charge < -0.3 is 20.5 Å². The largest absolute Gasteiger partial charge is 0.396 e. The SMILES string of the molecule is CCC(CNC(=NC)NCC1(CCO)CCOC1)Cc1cccc(Br)c1. The van der Waals surface area contributed by atoms with E-state index < -0.39 is 0 Å². The number of nitrogens with zero attached hydrogens (tertiary/aromatic N) is 1. The molecule has 3 N–H and O–H groups in total. The van der Waals surface area contributed by atoms with E-state index in [1.807, 2.05) is 0 Å². The number of guanidine groups is 1. The van der Waals surface area contributed by atoms with Gasteiger partial charge in [0, 0.05) is 43.2 Å². The van der Waals surface area contributed by atoms with Gasteiger partial charge in [-0.3, -0.25) is 4.99 Å². The Morgan fingerprint density at radius 2 is 2.27 bits per heavy atom. The molecule has 0 aliphatic carbocycles. The topological polar surface area (TPSA) is 65.9 Å². The van der Waals surface area contributed by atoms with E-state index in [1.165, 1.54) is 5.56 Å². The summed E-state index contributed by atoms with van der Waals surface area (Å²) in [5.74, 6) is 1.37. The van der Waals surface area contributed by atoms with Crippen LogP contribution >= 0.6 is 15.9 Å². The summed E-state index contributed by atoms with van der Waals surface area (Å²) in [7, 11) is 1.80. The number of aliphatic imine (C=N–C) groups is 1. The van der Waals surface area contributed by atoms with Gasteiger partial charge in [0.2, 0.25) is 0 Å². The molecule has 1 aromatic rings. The highest BCUT2D eigenvalue weighted by molar-refractivity contribution is 9.10. The van der Waals surface area contributed by atoms with Crippen LogP contribution < -0.4 is 10.6 Å². The lowest BCUT2D eigenvalue weighted by molar-refractivity contribution is 0.127. The van der Waals surface area contributed by atoms with Gasteiger partial charge in [-0.25, -0.2) is 0 Å². The molecule has 0 spiro atoms. The average Bonchev–Trinajstić information content (AvgIpc) is 3.10. The summed E-state index contributed by atoms with van der Waals surface area (Å²) in [5.41, 5.74) is 1.37. The third-order valence-electron chi connectivity index (χ3n) is 5.23. The summed E-state index contributed by atoms with van der Waals surface area (Å²) in [6.45, 7) is 5.56. The minimum Gasteiger partial charge on any atom is -0.396 e. The van der Waals surface area contributed by atoms with Crippen LogP contribution in [0, 0.1) is 11.3 Å². The molecule has 2 rings (SSSR count). The van der Waals surface area contributed by atoms with Crippen molar-refractivity contribution in [3.63, 3.8) is 0 Å². The molecule has 6 heteroatoms. The molecular weight excluding hydrogens is 394 g/mol. The second-order valence-corrected chi connectivity index (χ2v) is 8.11. The first kappa shape index (κ1) is 21.2. The van der Waals surface area contributed by atoms with Gasteiger partial charge in [0.05, 0.1) is 6.61 Å². The molecule has 146 valence electrons. The number of halogens is 1. The van der Waals surface area contributed by atoms with Crippen LogP contribution in [0.1, 0.15) is 31.7 Å². The number of rotatable bonds is 9. The minimum absolute atomic E-state index is 0.0207. The Hall–Kier alpha value is -1.11. The summed E-state index contributed by atoms with van der Waals surface area (Å²) in [4.78, 5) is 4.35. The zero-order chi connectivity index (χ0) is 18.8. The molecule has 26 heavy (non-hydrogen) atoms. The zero-order valence-electron chi connectivity index (χ0n) is 15.9. The van der Waals surface area contributed by atoms with Gasteiger partial charge in [0.25, 0.3) is 0 Å². The predicted octanol–water partition coefficient (Wildman–Crippen LogP) is 2.97. The molecule has 0 aromatic heterocycles. The van der Waals surface area contributed by atoms with E-state index in [0.717, 1.165) is 55.8 Å². The Bertz CT molecular complexity index is 574. The maximum Gasteiger partial charge on any atom is 0.191 e. The summed E-state index contributed by atoms with van der Waals surface area (Å²) in [6, 6.07) is 8.52. The van der Waals surface area contributed by atoms with Crippen LogP contribution in [0.5, 0.6) is 0 Å². The van der Waals surface area contributed by atoms with Crippen molar-refractivity contribution in [3.8, 4) is 0 Å². The standard InChI is InChI=1S/C20H32BrN3O2/c1-3-16(11-17-5-4-6-18(21)12-17)13-23-19(22-2)24-14-20(7-9-25)8-10-26-15-20/h4-6,12,16,25H,3,7-11,13-15H2,1-2H3,(H2,22,23,24). The predicted molar refractivity (Wildman–Crippen MR) is 111 cm³/mol. The lowest BCUT2D eigenvalue weighted by Crippen LogP contribution is -2.45. The van der Waals surface area contributed by atoms with E-state index >= 15 is 0 Å². The first-order valence-corrected chi connectivity index (χ1v) is 10.3. The van der Waals surface area contributed by atoms with Crippen LogP contribution in [0.25, 0.3) is 0 Å². The van der Waals surface area contributed by atoms with Crippen LogP contribution in [0.2, 0.25) is 0 Å². The van der Waals surface area contributed by atoms with E-state index in [0.29, 0.717) is 12.5 Å². The Labute approximate surface area is 165 Å².